The molecular weight excluding hydrogens is 300 g/mol. The molecule has 0 bridgehead atoms. The molecule has 2 aliphatic heterocycles. The summed E-state index contributed by atoms with van der Waals surface area (Å²) in [6.45, 7) is 6.48. The highest BCUT2D eigenvalue weighted by Crippen LogP contribution is 2.15. The fraction of sp³-hybridized carbons (Fsp3) is 0.625. The molecule has 22 heavy (non-hydrogen) atoms. The molecule has 0 spiro atoms. The van der Waals surface area contributed by atoms with E-state index in [0.717, 1.165) is 58.7 Å². The van der Waals surface area contributed by atoms with Gasteiger partial charge in [0, 0.05) is 51.7 Å². The summed E-state index contributed by atoms with van der Waals surface area (Å²) in [5.41, 5.74) is 1.24. The van der Waals surface area contributed by atoms with Crippen molar-refractivity contribution in [2.45, 2.75) is 19.4 Å². The Bertz CT molecular complexity index is 456. The number of aromatic nitrogens is 1. The largest absolute Gasteiger partial charge is 0.340 e. The van der Waals surface area contributed by atoms with Crippen LogP contribution in [0.25, 0.3) is 0 Å². The first-order chi connectivity index (χ1) is 10.3. The molecule has 2 aliphatic rings. The molecule has 1 atom stereocenters. The van der Waals surface area contributed by atoms with Crippen LogP contribution in [0.1, 0.15) is 18.4 Å². The van der Waals surface area contributed by atoms with Crippen molar-refractivity contribution in [2.75, 3.05) is 39.3 Å². The van der Waals surface area contributed by atoms with Crippen molar-refractivity contribution in [2.24, 2.45) is 5.92 Å². The Kier molecular flexibility index (Phi) is 6.61. The summed E-state index contributed by atoms with van der Waals surface area (Å²) in [5.74, 6) is 0.548. The predicted octanol–water partition coefficient (Wildman–Crippen LogP) is 1.15. The third-order valence-corrected chi connectivity index (χ3v) is 4.46. The maximum absolute atomic E-state index is 12.5. The molecule has 122 valence electrons. The Morgan fingerprint density at radius 1 is 1.32 bits per heavy atom. The molecule has 3 rings (SSSR count). The number of amides is 1. The minimum atomic E-state index is 0. The second-order valence-corrected chi connectivity index (χ2v) is 6.01. The minimum Gasteiger partial charge on any atom is -0.340 e. The van der Waals surface area contributed by atoms with Gasteiger partial charge >= 0.3 is 0 Å². The van der Waals surface area contributed by atoms with Gasteiger partial charge in [0.1, 0.15) is 0 Å². The second kappa shape index (κ2) is 8.46. The van der Waals surface area contributed by atoms with Gasteiger partial charge < -0.3 is 10.2 Å². The molecule has 5 nitrogen and oxygen atoms in total. The van der Waals surface area contributed by atoms with Gasteiger partial charge in [0.05, 0.1) is 5.92 Å². The van der Waals surface area contributed by atoms with Crippen LogP contribution >= 0.6 is 12.4 Å². The first kappa shape index (κ1) is 17.2. The first-order valence-corrected chi connectivity index (χ1v) is 7.94. The van der Waals surface area contributed by atoms with Crippen molar-refractivity contribution in [3.63, 3.8) is 0 Å². The topological polar surface area (TPSA) is 48.5 Å². The average molecular weight is 325 g/mol. The third kappa shape index (κ3) is 4.41. The monoisotopic (exact) mass is 324 g/mol. The van der Waals surface area contributed by atoms with Gasteiger partial charge in [-0.3, -0.25) is 14.7 Å². The van der Waals surface area contributed by atoms with E-state index in [0.29, 0.717) is 5.91 Å². The summed E-state index contributed by atoms with van der Waals surface area (Å²) in [6.07, 6.45) is 5.89. The number of piperazine rings is 1. The molecule has 0 radical (unpaired) electrons. The summed E-state index contributed by atoms with van der Waals surface area (Å²) in [5, 5.41) is 3.33. The van der Waals surface area contributed by atoms with Gasteiger partial charge in [-0.25, -0.2) is 0 Å². The van der Waals surface area contributed by atoms with E-state index in [2.05, 4.69) is 26.2 Å². The van der Waals surface area contributed by atoms with E-state index in [4.69, 9.17) is 0 Å². The normalized spacial score (nSPS) is 22.9. The Hall–Kier alpha value is -1.17. The van der Waals surface area contributed by atoms with E-state index in [9.17, 15) is 4.79 Å². The summed E-state index contributed by atoms with van der Waals surface area (Å²) in [4.78, 5) is 21.1. The van der Waals surface area contributed by atoms with Gasteiger partial charge in [-0.15, -0.1) is 12.4 Å². The van der Waals surface area contributed by atoms with Gasteiger partial charge in [0.25, 0.3) is 0 Å². The van der Waals surface area contributed by atoms with Crippen LogP contribution in [-0.4, -0.2) is 60.0 Å². The lowest BCUT2D eigenvalue weighted by molar-refractivity contribution is -0.137. The maximum atomic E-state index is 12.5. The zero-order valence-corrected chi connectivity index (χ0v) is 13.7. The molecule has 1 aromatic heterocycles. The van der Waals surface area contributed by atoms with Gasteiger partial charge in [0.2, 0.25) is 5.91 Å². The van der Waals surface area contributed by atoms with Gasteiger partial charge in [-0.05, 0) is 31.0 Å². The van der Waals surface area contributed by atoms with Crippen molar-refractivity contribution in [3.05, 3.63) is 30.1 Å². The highest BCUT2D eigenvalue weighted by Gasteiger charge is 2.28. The molecule has 2 fully saturated rings. The Balaban J connectivity index is 0.00000176. The quantitative estimate of drug-likeness (QED) is 0.906. The van der Waals surface area contributed by atoms with Crippen LogP contribution in [0.4, 0.5) is 0 Å². The molecule has 1 aromatic rings. The first-order valence-electron chi connectivity index (χ1n) is 7.94. The zero-order valence-electron chi connectivity index (χ0n) is 12.9. The van der Waals surface area contributed by atoms with E-state index >= 15 is 0 Å². The number of rotatable bonds is 3. The fourth-order valence-corrected chi connectivity index (χ4v) is 3.20. The van der Waals surface area contributed by atoms with Crippen molar-refractivity contribution >= 4 is 18.3 Å². The van der Waals surface area contributed by atoms with Crippen LogP contribution in [0.5, 0.6) is 0 Å². The summed E-state index contributed by atoms with van der Waals surface area (Å²) in [6, 6.07) is 4.09. The molecule has 0 aromatic carbocycles. The lowest BCUT2D eigenvalue weighted by atomic mass is 9.98. The third-order valence-electron chi connectivity index (χ3n) is 4.46. The van der Waals surface area contributed by atoms with Crippen molar-refractivity contribution < 1.29 is 4.79 Å². The molecule has 1 unspecified atom stereocenters. The molecule has 0 aliphatic carbocycles. The lowest BCUT2D eigenvalue weighted by Crippen LogP contribution is -2.51. The van der Waals surface area contributed by atoms with Gasteiger partial charge in [0.15, 0.2) is 0 Å². The molecule has 1 N–H and O–H groups in total. The molecule has 1 amide bonds. The van der Waals surface area contributed by atoms with Gasteiger partial charge in [-0.1, -0.05) is 6.07 Å². The SMILES string of the molecule is Cl.O=C(C1CCCNC1)N1CCN(Cc2cccnc2)CC1. The van der Waals surface area contributed by atoms with E-state index in [1.807, 2.05) is 12.3 Å². The Morgan fingerprint density at radius 2 is 2.14 bits per heavy atom. The number of nitrogens with zero attached hydrogens (tertiary/aromatic N) is 3. The Morgan fingerprint density at radius 3 is 2.77 bits per heavy atom. The van der Waals surface area contributed by atoms with E-state index < -0.39 is 0 Å². The van der Waals surface area contributed by atoms with Crippen LogP contribution in [0.15, 0.2) is 24.5 Å². The molecule has 3 heterocycles. The predicted molar refractivity (Wildman–Crippen MR) is 88.9 cm³/mol. The van der Waals surface area contributed by atoms with Crippen LogP contribution in [0.3, 0.4) is 0 Å². The fourth-order valence-electron chi connectivity index (χ4n) is 3.20. The van der Waals surface area contributed by atoms with Crippen molar-refractivity contribution in [1.29, 1.82) is 0 Å². The summed E-state index contributed by atoms with van der Waals surface area (Å²) in [7, 11) is 0. The van der Waals surface area contributed by atoms with Crippen LogP contribution in [-0.2, 0) is 11.3 Å². The number of hydrogen-bond acceptors (Lipinski definition) is 4. The Labute approximate surface area is 138 Å². The summed E-state index contributed by atoms with van der Waals surface area (Å²) < 4.78 is 0. The van der Waals surface area contributed by atoms with Crippen molar-refractivity contribution in [1.82, 2.24) is 20.1 Å². The van der Waals surface area contributed by atoms with E-state index in [1.54, 1.807) is 6.20 Å². The lowest BCUT2D eigenvalue weighted by Gasteiger charge is -2.37. The molecule has 6 heteroatoms. The highest BCUT2D eigenvalue weighted by molar-refractivity contribution is 5.85. The number of halogens is 1. The van der Waals surface area contributed by atoms with Crippen LogP contribution in [0, 0.1) is 5.92 Å². The van der Waals surface area contributed by atoms with Crippen molar-refractivity contribution in [3.8, 4) is 0 Å². The second-order valence-electron chi connectivity index (χ2n) is 6.01. The average Bonchev–Trinajstić information content (AvgIpc) is 2.57. The molecule has 0 saturated carbocycles. The number of hydrogen-bond donors (Lipinski definition) is 1. The molecule has 2 saturated heterocycles. The number of carbonyl (C=O) groups is 1. The number of nitrogens with one attached hydrogen (secondary N) is 1. The van der Waals surface area contributed by atoms with Gasteiger partial charge in [-0.2, -0.15) is 0 Å². The maximum Gasteiger partial charge on any atom is 0.227 e. The van der Waals surface area contributed by atoms with Crippen LogP contribution < -0.4 is 5.32 Å². The standard InChI is InChI=1S/C16H24N4O.ClH/c21-16(15-4-2-6-18-12-15)20-9-7-19(8-10-20)13-14-3-1-5-17-11-14;/h1,3,5,11,15,18H,2,4,6-10,12-13H2;1H. The zero-order chi connectivity index (χ0) is 14.5. The number of piperidine rings is 1. The van der Waals surface area contributed by atoms with E-state index in [1.165, 1.54) is 5.56 Å². The van der Waals surface area contributed by atoms with Crippen LogP contribution in [0.2, 0.25) is 0 Å². The smallest absolute Gasteiger partial charge is 0.227 e. The van der Waals surface area contributed by atoms with E-state index in [-0.39, 0.29) is 18.3 Å². The number of carbonyl (C=O) groups excluding carboxylic acids is 1. The number of pyridine rings is 1. The minimum absolute atomic E-state index is 0. The highest BCUT2D eigenvalue weighted by atomic mass is 35.5. The molecular formula is C16H25ClN4O. The summed E-state index contributed by atoms with van der Waals surface area (Å²) >= 11 is 0.